The first kappa shape index (κ1) is 8.83. The van der Waals surface area contributed by atoms with Crippen molar-refractivity contribution in [3.8, 4) is 0 Å². The molecule has 0 aromatic heterocycles. The summed E-state index contributed by atoms with van der Waals surface area (Å²) in [5.74, 6) is 0.878. The van der Waals surface area contributed by atoms with E-state index in [1.54, 1.807) is 0 Å². The van der Waals surface area contributed by atoms with E-state index >= 15 is 0 Å². The molecular weight excluding hydrogens is 132 g/mol. The number of hydrogen-bond acceptors (Lipinski definition) is 0. The highest BCUT2D eigenvalue weighted by Gasteiger charge is 2.26. The zero-order valence-corrected chi connectivity index (χ0v) is 8.11. The van der Waals surface area contributed by atoms with Gasteiger partial charge >= 0.3 is 0 Å². The van der Waals surface area contributed by atoms with Crippen LogP contribution in [0, 0.1) is 11.3 Å². The number of rotatable bonds is 0. The maximum atomic E-state index is 4.08. The lowest BCUT2D eigenvalue weighted by atomic mass is 9.71. The summed E-state index contributed by atoms with van der Waals surface area (Å²) in [5, 5.41) is 0. The molecule has 0 aromatic rings. The smallest absolute Gasteiger partial charge is 0.0289 e. The van der Waals surface area contributed by atoms with E-state index in [9.17, 15) is 0 Å². The average Bonchev–Trinajstić information content (AvgIpc) is 1.86. The molecule has 0 amide bonds. The van der Waals surface area contributed by atoms with Gasteiger partial charge in [-0.1, -0.05) is 32.9 Å². The minimum absolute atomic E-state index is 0.489. The van der Waals surface area contributed by atoms with Gasteiger partial charge in [-0.3, -0.25) is 0 Å². The van der Waals surface area contributed by atoms with Gasteiger partial charge in [0.05, 0.1) is 0 Å². The zero-order chi connectivity index (χ0) is 8.48. The van der Waals surface area contributed by atoms with Crippen molar-refractivity contribution in [3.05, 3.63) is 12.2 Å². The Morgan fingerprint density at radius 1 is 1.36 bits per heavy atom. The summed E-state index contributed by atoms with van der Waals surface area (Å²) < 4.78 is 0. The fourth-order valence-corrected chi connectivity index (χ4v) is 1.89. The average molecular weight is 152 g/mol. The first-order chi connectivity index (χ1) is 5.00. The molecule has 1 rings (SSSR count). The lowest BCUT2D eigenvalue weighted by Crippen LogP contribution is -2.23. The van der Waals surface area contributed by atoms with Gasteiger partial charge in [0.1, 0.15) is 0 Å². The van der Waals surface area contributed by atoms with E-state index in [1.807, 2.05) is 0 Å². The van der Waals surface area contributed by atoms with Gasteiger partial charge in [0, 0.05) is 0 Å². The van der Waals surface area contributed by atoms with Gasteiger partial charge in [0.25, 0.3) is 0 Å². The molecular formula is C11H20. The van der Waals surface area contributed by atoms with Crippen LogP contribution in [-0.2, 0) is 0 Å². The summed E-state index contributed by atoms with van der Waals surface area (Å²) >= 11 is 0. The molecule has 0 saturated heterocycles. The quantitative estimate of drug-likeness (QED) is 0.463. The van der Waals surface area contributed by atoms with E-state index in [0.29, 0.717) is 5.41 Å². The summed E-state index contributed by atoms with van der Waals surface area (Å²) in [6, 6.07) is 0. The number of hydrogen-bond donors (Lipinski definition) is 0. The molecule has 11 heavy (non-hydrogen) atoms. The molecule has 0 radical (unpaired) electrons. The fraction of sp³-hybridized carbons (Fsp3) is 0.818. The molecule has 0 bridgehead atoms. The van der Waals surface area contributed by atoms with Gasteiger partial charge < -0.3 is 0 Å². The molecule has 0 aromatic carbocycles. The van der Waals surface area contributed by atoms with Gasteiger partial charge in [-0.25, -0.2) is 0 Å². The highest BCUT2D eigenvalue weighted by Crippen LogP contribution is 2.39. The Hall–Kier alpha value is -0.260. The normalized spacial score (nSPS) is 27.2. The van der Waals surface area contributed by atoms with Gasteiger partial charge in [0.2, 0.25) is 0 Å². The van der Waals surface area contributed by atoms with Crippen molar-refractivity contribution >= 4 is 0 Å². The van der Waals surface area contributed by atoms with E-state index in [1.165, 1.54) is 31.3 Å². The Balaban J connectivity index is 2.53. The second kappa shape index (κ2) is 3.00. The standard InChI is InChI=1S/C11H20/c1-9-6-5-7-10(8-9)11(2,3)4/h10H,1,5-8H2,2-4H3/t10-/m1/s1. The zero-order valence-electron chi connectivity index (χ0n) is 8.11. The molecule has 0 heteroatoms. The molecule has 1 saturated carbocycles. The summed E-state index contributed by atoms with van der Waals surface area (Å²) in [4.78, 5) is 0. The van der Waals surface area contributed by atoms with Crippen LogP contribution in [0.2, 0.25) is 0 Å². The second-order valence-corrected chi connectivity index (χ2v) is 4.91. The maximum Gasteiger partial charge on any atom is -0.0289 e. The van der Waals surface area contributed by atoms with Crippen LogP contribution in [0.5, 0.6) is 0 Å². The Morgan fingerprint density at radius 2 is 2.00 bits per heavy atom. The fourth-order valence-electron chi connectivity index (χ4n) is 1.89. The monoisotopic (exact) mass is 152 g/mol. The molecule has 0 spiro atoms. The van der Waals surface area contributed by atoms with E-state index in [-0.39, 0.29) is 0 Å². The molecule has 0 aliphatic heterocycles. The van der Waals surface area contributed by atoms with Crippen LogP contribution < -0.4 is 0 Å². The first-order valence-electron chi connectivity index (χ1n) is 4.67. The summed E-state index contributed by atoms with van der Waals surface area (Å²) in [5.41, 5.74) is 1.96. The Labute approximate surface area is 70.7 Å². The predicted octanol–water partition coefficient (Wildman–Crippen LogP) is 3.78. The van der Waals surface area contributed by atoms with Crippen LogP contribution in [0.1, 0.15) is 46.5 Å². The highest BCUT2D eigenvalue weighted by molar-refractivity contribution is 5.01. The van der Waals surface area contributed by atoms with Crippen molar-refractivity contribution in [2.45, 2.75) is 46.5 Å². The van der Waals surface area contributed by atoms with E-state index in [4.69, 9.17) is 0 Å². The third-order valence-electron chi connectivity index (χ3n) is 2.84. The van der Waals surface area contributed by atoms with Gasteiger partial charge in [-0.2, -0.15) is 0 Å². The molecule has 0 N–H and O–H groups in total. The molecule has 1 aliphatic carbocycles. The second-order valence-electron chi connectivity index (χ2n) is 4.91. The van der Waals surface area contributed by atoms with Crippen LogP contribution in [0.25, 0.3) is 0 Å². The van der Waals surface area contributed by atoms with E-state index < -0.39 is 0 Å². The van der Waals surface area contributed by atoms with Crippen LogP contribution >= 0.6 is 0 Å². The van der Waals surface area contributed by atoms with E-state index in [2.05, 4.69) is 27.4 Å². The molecule has 1 fully saturated rings. The highest BCUT2D eigenvalue weighted by atomic mass is 14.3. The molecule has 0 heterocycles. The Morgan fingerprint density at radius 3 is 2.36 bits per heavy atom. The lowest BCUT2D eigenvalue weighted by Gasteiger charge is -2.34. The Kier molecular flexibility index (Phi) is 2.41. The predicted molar refractivity (Wildman–Crippen MR) is 50.6 cm³/mol. The van der Waals surface area contributed by atoms with E-state index in [0.717, 1.165) is 5.92 Å². The molecule has 1 aliphatic rings. The lowest BCUT2D eigenvalue weighted by molar-refractivity contribution is 0.204. The van der Waals surface area contributed by atoms with Gasteiger partial charge in [-0.05, 0) is 37.0 Å². The summed E-state index contributed by atoms with van der Waals surface area (Å²) in [6.07, 6.45) is 5.30. The summed E-state index contributed by atoms with van der Waals surface area (Å²) in [7, 11) is 0. The third kappa shape index (κ3) is 2.36. The molecule has 1 atom stereocenters. The van der Waals surface area contributed by atoms with Crippen molar-refractivity contribution in [1.29, 1.82) is 0 Å². The number of allylic oxidation sites excluding steroid dienone is 1. The molecule has 0 unspecified atom stereocenters. The minimum atomic E-state index is 0.489. The summed E-state index contributed by atoms with van der Waals surface area (Å²) in [6.45, 7) is 11.1. The maximum absolute atomic E-state index is 4.08. The van der Waals surface area contributed by atoms with Crippen LogP contribution in [0.3, 0.4) is 0 Å². The Bertz CT molecular complexity index is 148. The van der Waals surface area contributed by atoms with Crippen molar-refractivity contribution in [1.82, 2.24) is 0 Å². The first-order valence-corrected chi connectivity index (χ1v) is 4.67. The van der Waals surface area contributed by atoms with Gasteiger partial charge in [0.15, 0.2) is 0 Å². The topological polar surface area (TPSA) is 0 Å². The largest absolute Gasteiger partial charge is 0.0999 e. The van der Waals surface area contributed by atoms with Crippen molar-refractivity contribution in [3.63, 3.8) is 0 Å². The van der Waals surface area contributed by atoms with Crippen LogP contribution in [-0.4, -0.2) is 0 Å². The van der Waals surface area contributed by atoms with Crippen molar-refractivity contribution in [2.24, 2.45) is 11.3 Å². The van der Waals surface area contributed by atoms with Crippen LogP contribution in [0.4, 0.5) is 0 Å². The van der Waals surface area contributed by atoms with Crippen molar-refractivity contribution < 1.29 is 0 Å². The van der Waals surface area contributed by atoms with Crippen LogP contribution in [0.15, 0.2) is 12.2 Å². The third-order valence-corrected chi connectivity index (χ3v) is 2.84. The van der Waals surface area contributed by atoms with Crippen molar-refractivity contribution in [2.75, 3.05) is 0 Å². The van der Waals surface area contributed by atoms with Gasteiger partial charge in [-0.15, -0.1) is 0 Å². The SMILES string of the molecule is C=C1CCC[C@@H](C(C)(C)C)C1. The molecule has 64 valence electrons. The molecule has 0 nitrogen and oxygen atoms in total. The minimum Gasteiger partial charge on any atom is -0.0999 e.